The van der Waals surface area contributed by atoms with E-state index in [2.05, 4.69) is 67.0 Å². The summed E-state index contributed by atoms with van der Waals surface area (Å²) in [5.41, 5.74) is 3.30. The Kier molecular flexibility index (Phi) is 11.4. The van der Waals surface area contributed by atoms with Crippen LogP contribution in [0.3, 0.4) is 0 Å². The van der Waals surface area contributed by atoms with Crippen molar-refractivity contribution in [3.63, 3.8) is 0 Å². The number of rotatable bonds is 13. The van der Waals surface area contributed by atoms with Crippen molar-refractivity contribution in [1.82, 2.24) is 0 Å². The van der Waals surface area contributed by atoms with Crippen LogP contribution in [0.25, 0.3) is 0 Å². The van der Waals surface area contributed by atoms with E-state index in [0.717, 1.165) is 17.5 Å². The van der Waals surface area contributed by atoms with E-state index in [9.17, 15) is 5.11 Å². The molecule has 1 aromatic rings. The van der Waals surface area contributed by atoms with E-state index in [4.69, 9.17) is 0 Å². The number of benzene rings is 1. The number of aromatic hydroxyl groups is 1. The van der Waals surface area contributed by atoms with Crippen LogP contribution in [0, 0.1) is 6.42 Å². The Morgan fingerprint density at radius 2 is 1.03 bits per heavy atom. The maximum absolute atomic E-state index is 10.8. The number of hydrogen-bond donors (Lipinski definition) is 1. The summed E-state index contributed by atoms with van der Waals surface area (Å²) in [5.74, 6) is 0.483. The van der Waals surface area contributed by atoms with Crippen molar-refractivity contribution in [1.29, 1.82) is 0 Å². The van der Waals surface area contributed by atoms with Crippen molar-refractivity contribution < 1.29 is 5.11 Å². The van der Waals surface area contributed by atoms with Gasteiger partial charge in [-0.2, -0.15) is 0 Å². The van der Waals surface area contributed by atoms with Gasteiger partial charge in [0.05, 0.1) is 0 Å². The second kappa shape index (κ2) is 12.7. The number of hydrogen-bond acceptors (Lipinski definition) is 1. The molecule has 0 bridgehead atoms. The second-order valence-electron chi connectivity index (χ2n) is 11.0. The monoisotopic (exact) mass is 401 g/mol. The Bertz CT molecular complexity index is 536. The van der Waals surface area contributed by atoms with Crippen LogP contribution in [0.5, 0.6) is 5.75 Å². The van der Waals surface area contributed by atoms with Gasteiger partial charge < -0.3 is 5.11 Å². The highest BCUT2D eigenvalue weighted by atomic mass is 16.3. The third-order valence-corrected chi connectivity index (χ3v) is 5.94. The van der Waals surface area contributed by atoms with E-state index in [1.165, 1.54) is 76.2 Å². The highest BCUT2D eigenvalue weighted by Gasteiger charge is 2.26. The molecule has 0 aliphatic heterocycles. The zero-order valence-corrected chi connectivity index (χ0v) is 20.7. The molecule has 0 amide bonds. The minimum atomic E-state index is -0.0511. The van der Waals surface area contributed by atoms with E-state index in [1.807, 2.05) is 0 Å². The van der Waals surface area contributed by atoms with Gasteiger partial charge in [-0.25, -0.2) is 0 Å². The Morgan fingerprint density at radius 3 is 1.41 bits per heavy atom. The van der Waals surface area contributed by atoms with Crippen molar-refractivity contribution in [2.45, 2.75) is 136 Å². The molecule has 0 saturated carbocycles. The predicted molar refractivity (Wildman–Crippen MR) is 130 cm³/mol. The molecule has 1 radical (unpaired) electrons. The van der Waals surface area contributed by atoms with Crippen molar-refractivity contribution in [3.05, 3.63) is 35.2 Å². The highest BCUT2D eigenvalue weighted by molar-refractivity contribution is 5.51. The summed E-state index contributed by atoms with van der Waals surface area (Å²) in [6.45, 7) is 15.4. The SMILES string of the molecule is CCCCCCCCCCCCC[CH]c1cc(C(C)(C)C)c(O)c(C(C)(C)C)c1. The maximum atomic E-state index is 10.8. The van der Waals surface area contributed by atoms with Crippen LogP contribution in [-0.2, 0) is 10.8 Å². The molecule has 29 heavy (non-hydrogen) atoms. The van der Waals surface area contributed by atoms with Gasteiger partial charge in [0.15, 0.2) is 0 Å². The molecule has 1 aromatic carbocycles. The Morgan fingerprint density at radius 1 is 0.655 bits per heavy atom. The summed E-state index contributed by atoms with van der Waals surface area (Å²) in [6, 6.07) is 4.40. The van der Waals surface area contributed by atoms with Crippen LogP contribution in [0.15, 0.2) is 12.1 Å². The molecule has 0 unspecified atom stereocenters. The average Bonchev–Trinajstić information content (AvgIpc) is 2.61. The normalized spacial score (nSPS) is 12.5. The molecule has 0 spiro atoms. The summed E-state index contributed by atoms with van der Waals surface area (Å²) < 4.78 is 0. The standard InChI is InChI=1S/C28H49O/c1-8-9-10-11-12-13-14-15-16-17-18-19-20-23-21-24(27(2,3)4)26(29)25(22-23)28(5,6)7/h20-22,29H,8-19H2,1-7H3. The van der Waals surface area contributed by atoms with Crippen LogP contribution in [0.2, 0.25) is 0 Å². The predicted octanol–water partition coefficient (Wildman–Crippen LogP) is 9.24. The summed E-state index contributed by atoms with van der Waals surface area (Å²) in [6.07, 6.45) is 18.8. The molecule has 1 heteroatoms. The molecular formula is C28H49O. The van der Waals surface area contributed by atoms with Crippen molar-refractivity contribution in [2.24, 2.45) is 0 Å². The smallest absolute Gasteiger partial charge is 0.123 e. The molecule has 0 aliphatic carbocycles. The fourth-order valence-electron chi connectivity index (χ4n) is 4.00. The van der Waals surface area contributed by atoms with E-state index >= 15 is 0 Å². The van der Waals surface area contributed by atoms with Crippen LogP contribution < -0.4 is 0 Å². The minimum absolute atomic E-state index is 0.0511. The molecule has 0 atom stereocenters. The van der Waals surface area contributed by atoms with Gasteiger partial charge in [-0.3, -0.25) is 0 Å². The average molecular weight is 402 g/mol. The van der Waals surface area contributed by atoms with Crippen molar-refractivity contribution in [2.75, 3.05) is 0 Å². The molecule has 0 heterocycles. The van der Waals surface area contributed by atoms with Gasteiger partial charge in [-0.15, -0.1) is 0 Å². The summed E-state index contributed by atoms with van der Waals surface area (Å²) >= 11 is 0. The first kappa shape index (κ1) is 26.1. The molecule has 0 saturated heterocycles. The first-order chi connectivity index (χ1) is 13.6. The molecule has 1 N–H and O–H groups in total. The molecule has 0 fully saturated rings. The lowest BCUT2D eigenvalue weighted by Gasteiger charge is -2.28. The van der Waals surface area contributed by atoms with Gasteiger partial charge >= 0.3 is 0 Å². The van der Waals surface area contributed by atoms with Crippen LogP contribution >= 0.6 is 0 Å². The molecule has 0 aromatic heterocycles. The van der Waals surface area contributed by atoms with Crippen LogP contribution in [0.1, 0.15) is 142 Å². The molecule has 0 aliphatic rings. The van der Waals surface area contributed by atoms with Crippen LogP contribution in [-0.4, -0.2) is 5.11 Å². The fourth-order valence-corrected chi connectivity index (χ4v) is 4.00. The number of unbranched alkanes of at least 4 members (excludes halogenated alkanes) is 11. The zero-order valence-electron chi connectivity index (χ0n) is 20.7. The highest BCUT2D eigenvalue weighted by Crippen LogP contribution is 2.40. The third-order valence-electron chi connectivity index (χ3n) is 5.94. The van der Waals surface area contributed by atoms with E-state index in [0.29, 0.717) is 5.75 Å². The number of phenolic OH excluding ortho intramolecular Hbond substituents is 1. The topological polar surface area (TPSA) is 20.2 Å². The molecule has 1 rings (SSSR count). The van der Waals surface area contributed by atoms with Gasteiger partial charge in [-0.05, 0) is 40.4 Å². The fraction of sp³-hybridized carbons (Fsp3) is 0.750. The second-order valence-corrected chi connectivity index (χ2v) is 11.0. The third kappa shape index (κ3) is 10.1. The van der Waals surface area contributed by atoms with E-state index in [-0.39, 0.29) is 10.8 Å². The lowest BCUT2D eigenvalue weighted by Crippen LogP contribution is -2.17. The van der Waals surface area contributed by atoms with Crippen LogP contribution in [0.4, 0.5) is 0 Å². The minimum Gasteiger partial charge on any atom is -0.507 e. The first-order valence-corrected chi connectivity index (χ1v) is 12.3. The summed E-state index contributed by atoms with van der Waals surface area (Å²) in [7, 11) is 0. The van der Waals surface area contributed by atoms with Gasteiger partial charge in [-0.1, -0.05) is 131 Å². The van der Waals surface area contributed by atoms with Gasteiger partial charge in [0.25, 0.3) is 0 Å². The van der Waals surface area contributed by atoms with Gasteiger partial charge in [0.1, 0.15) is 5.75 Å². The van der Waals surface area contributed by atoms with Crippen molar-refractivity contribution >= 4 is 0 Å². The quantitative estimate of drug-likeness (QED) is 0.326. The lowest BCUT2D eigenvalue weighted by molar-refractivity contribution is 0.423. The lowest BCUT2D eigenvalue weighted by atomic mass is 9.78. The Labute approximate surface area is 182 Å². The van der Waals surface area contributed by atoms with Gasteiger partial charge in [0, 0.05) is 0 Å². The molecule has 1 nitrogen and oxygen atoms in total. The summed E-state index contributed by atoms with van der Waals surface area (Å²) in [4.78, 5) is 0. The molecule has 167 valence electrons. The van der Waals surface area contributed by atoms with E-state index in [1.54, 1.807) is 0 Å². The van der Waals surface area contributed by atoms with Crippen molar-refractivity contribution in [3.8, 4) is 5.75 Å². The Hall–Kier alpha value is -0.980. The largest absolute Gasteiger partial charge is 0.507 e. The summed E-state index contributed by atoms with van der Waals surface area (Å²) in [5, 5.41) is 10.8. The molecular weight excluding hydrogens is 352 g/mol. The van der Waals surface area contributed by atoms with Gasteiger partial charge in [0.2, 0.25) is 0 Å². The van der Waals surface area contributed by atoms with E-state index < -0.39 is 0 Å². The first-order valence-electron chi connectivity index (χ1n) is 12.3. The number of phenols is 1. The maximum Gasteiger partial charge on any atom is 0.123 e. The zero-order chi connectivity index (χ0) is 21.9. The Balaban J connectivity index is 2.39.